The van der Waals surface area contributed by atoms with Gasteiger partial charge in [0.15, 0.2) is 0 Å². The van der Waals surface area contributed by atoms with E-state index in [9.17, 15) is 4.79 Å². The van der Waals surface area contributed by atoms with Crippen molar-refractivity contribution < 1.29 is 14.3 Å². The number of piperidine rings is 1. The van der Waals surface area contributed by atoms with E-state index in [2.05, 4.69) is 0 Å². The monoisotopic (exact) mass is 262 g/mol. The number of likely N-dealkylation sites (tertiary alicyclic amines) is 1. The van der Waals surface area contributed by atoms with E-state index in [1.165, 1.54) is 0 Å². The summed E-state index contributed by atoms with van der Waals surface area (Å²) in [5.41, 5.74) is 6.40. The smallest absolute Gasteiger partial charge is 0.261 e. The van der Waals surface area contributed by atoms with E-state index >= 15 is 0 Å². The van der Waals surface area contributed by atoms with Crippen molar-refractivity contribution in [1.29, 1.82) is 0 Å². The Kier molecular flexibility index (Phi) is 2.86. The molecule has 5 heteroatoms. The second-order valence-electron chi connectivity index (χ2n) is 5.15. The van der Waals surface area contributed by atoms with E-state index in [1.807, 2.05) is 11.0 Å². The molecule has 2 fully saturated rings. The van der Waals surface area contributed by atoms with Crippen molar-refractivity contribution in [3.05, 3.63) is 23.8 Å². The second-order valence-corrected chi connectivity index (χ2v) is 5.15. The standard InChI is InChI=1S/C14H18N2O3/c1-18-10-4-3-5-11(19-2)12(10)14(17)16-6-8-9(7-16)13(8)15/h3-5,8-9,13H,6-7,15H2,1-2H3. The van der Waals surface area contributed by atoms with Crippen molar-refractivity contribution in [3.8, 4) is 11.5 Å². The van der Waals surface area contributed by atoms with Crippen LogP contribution in [0, 0.1) is 11.8 Å². The van der Waals surface area contributed by atoms with Gasteiger partial charge in [-0.3, -0.25) is 4.79 Å². The summed E-state index contributed by atoms with van der Waals surface area (Å²) in [4.78, 5) is 14.5. The van der Waals surface area contributed by atoms with E-state index in [1.54, 1.807) is 26.4 Å². The van der Waals surface area contributed by atoms with Crippen LogP contribution in [0.15, 0.2) is 18.2 Å². The van der Waals surface area contributed by atoms with Crippen LogP contribution in [0.1, 0.15) is 10.4 Å². The summed E-state index contributed by atoms with van der Waals surface area (Å²) in [5.74, 6) is 2.02. The van der Waals surface area contributed by atoms with E-state index < -0.39 is 0 Å². The topological polar surface area (TPSA) is 64.8 Å². The van der Waals surface area contributed by atoms with Gasteiger partial charge in [-0.05, 0) is 24.0 Å². The Bertz CT molecular complexity index is 483. The number of ether oxygens (including phenoxy) is 2. The number of benzene rings is 1. The van der Waals surface area contributed by atoms with Crippen LogP contribution in [0.5, 0.6) is 11.5 Å². The molecule has 1 amide bonds. The molecule has 2 N–H and O–H groups in total. The van der Waals surface area contributed by atoms with Crippen LogP contribution in [0.4, 0.5) is 0 Å². The Labute approximate surface area is 112 Å². The largest absolute Gasteiger partial charge is 0.496 e. The molecule has 3 rings (SSSR count). The molecule has 1 aromatic carbocycles. The first-order valence-electron chi connectivity index (χ1n) is 6.43. The molecule has 0 radical (unpaired) electrons. The van der Waals surface area contributed by atoms with Gasteiger partial charge in [0, 0.05) is 19.1 Å². The van der Waals surface area contributed by atoms with Gasteiger partial charge in [-0.1, -0.05) is 6.07 Å². The average Bonchev–Trinajstić information content (AvgIpc) is 2.88. The van der Waals surface area contributed by atoms with Gasteiger partial charge in [-0.25, -0.2) is 0 Å². The summed E-state index contributed by atoms with van der Waals surface area (Å²) in [6.45, 7) is 1.48. The van der Waals surface area contributed by atoms with Crippen molar-refractivity contribution in [2.45, 2.75) is 6.04 Å². The molecular weight excluding hydrogens is 244 g/mol. The summed E-state index contributed by atoms with van der Waals surface area (Å²) < 4.78 is 10.6. The molecular formula is C14H18N2O3. The zero-order valence-corrected chi connectivity index (χ0v) is 11.1. The maximum atomic E-state index is 12.6. The first-order valence-corrected chi connectivity index (χ1v) is 6.43. The minimum atomic E-state index is -0.0336. The second kappa shape index (κ2) is 4.42. The van der Waals surface area contributed by atoms with Gasteiger partial charge in [0.25, 0.3) is 5.91 Å². The lowest BCUT2D eigenvalue weighted by atomic mass is 10.1. The van der Waals surface area contributed by atoms with Crippen molar-refractivity contribution in [2.24, 2.45) is 17.6 Å². The highest BCUT2D eigenvalue weighted by Crippen LogP contribution is 2.45. The third-order valence-electron chi connectivity index (χ3n) is 4.19. The first-order chi connectivity index (χ1) is 9.17. The number of carbonyl (C=O) groups excluding carboxylic acids is 1. The van der Waals surface area contributed by atoms with Crippen LogP contribution in [-0.2, 0) is 0 Å². The fourth-order valence-corrected chi connectivity index (χ4v) is 2.96. The van der Waals surface area contributed by atoms with Gasteiger partial charge < -0.3 is 20.1 Å². The minimum absolute atomic E-state index is 0.0336. The van der Waals surface area contributed by atoms with Crippen molar-refractivity contribution >= 4 is 5.91 Å². The first kappa shape index (κ1) is 12.3. The van der Waals surface area contributed by atoms with Gasteiger partial charge in [0.1, 0.15) is 17.1 Å². The van der Waals surface area contributed by atoms with Crippen LogP contribution in [0.25, 0.3) is 0 Å². The molecule has 2 unspecified atom stereocenters. The van der Waals surface area contributed by atoms with E-state index in [0.29, 0.717) is 28.9 Å². The van der Waals surface area contributed by atoms with E-state index in [0.717, 1.165) is 13.1 Å². The molecule has 5 nitrogen and oxygen atoms in total. The van der Waals surface area contributed by atoms with Crippen LogP contribution >= 0.6 is 0 Å². The van der Waals surface area contributed by atoms with Crippen LogP contribution in [0.2, 0.25) is 0 Å². The molecule has 2 atom stereocenters. The molecule has 102 valence electrons. The zero-order valence-electron chi connectivity index (χ0n) is 11.1. The highest BCUT2D eigenvalue weighted by Gasteiger charge is 2.54. The van der Waals surface area contributed by atoms with Crippen LogP contribution in [-0.4, -0.2) is 44.2 Å². The minimum Gasteiger partial charge on any atom is -0.496 e. The molecule has 1 heterocycles. The highest BCUT2D eigenvalue weighted by atomic mass is 16.5. The average molecular weight is 262 g/mol. The van der Waals surface area contributed by atoms with Crippen LogP contribution in [0.3, 0.4) is 0 Å². The Balaban J connectivity index is 1.87. The lowest BCUT2D eigenvalue weighted by molar-refractivity contribution is 0.0766. The normalized spacial score (nSPS) is 27.9. The maximum Gasteiger partial charge on any atom is 0.261 e. The molecule has 1 saturated heterocycles. The predicted octanol–water partition coefficient (Wildman–Crippen LogP) is 0.733. The number of rotatable bonds is 3. The quantitative estimate of drug-likeness (QED) is 0.872. The Hall–Kier alpha value is -1.75. The molecule has 1 aliphatic heterocycles. The number of carbonyl (C=O) groups is 1. The van der Waals surface area contributed by atoms with Crippen molar-refractivity contribution in [3.63, 3.8) is 0 Å². The number of nitrogens with zero attached hydrogens (tertiary/aromatic N) is 1. The van der Waals surface area contributed by atoms with Gasteiger partial charge in [0.05, 0.1) is 14.2 Å². The van der Waals surface area contributed by atoms with Gasteiger partial charge in [-0.15, -0.1) is 0 Å². The maximum absolute atomic E-state index is 12.6. The molecule has 19 heavy (non-hydrogen) atoms. The Morgan fingerprint density at radius 1 is 1.21 bits per heavy atom. The number of hydrogen-bond acceptors (Lipinski definition) is 4. The zero-order chi connectivity index (χ0) is 13.6. The van der Waals surface area contributed by atoms with Crippen molar-refractivity contribution in [1.82, 2.24) is 4.90 Å². The molecule has 2 aliphatic rings. The van der Waals surface area contributed by atoms with Gasteiger partial charge in [0.2, 0.25) is 0 Å². The molecule has 0 aromatic heterocycles. The molecule has 1 aromatic rings. The fraction of sp³-hybridized carbons (Fsp3) is 0.500. The van der Waals surface area contributed by atoms with E-state index in [-0.39, 0.29) is 11.9 Å². The lowest BCUT2D eigenvalue weighted by Gasteiger charge is -2.21. The number of fused-ring (bicyclic) bond motifs is 1. The summed E-state index contributed by atoms with van der Waals surface area (Å²) in [6.07, 6.45) is 0. The SMILES string of the molecule is COc1cccc(OC)c1C(=O)N1CC2C(N)C2C1. The summed E-state index contributed by atoms with van der Waals surface area (Å²) in [7, 11) is 3.12. The number of amides is 1. The molecule has 0 spiro atoms. The van der Waals surface area contributed by atoms with E-state index in [4.69, 9.17) is 15.2 Å². The fourth-order valence-electron chi connectivity index (χ4n) is 2.96. The predicted molar refractivity (Wildman–Crippen MR) is 70.4 cm³/mol. The third-order valence-corrected chi connectivity index (χ3v) is 4.19. The number of methoxy groups -OCH3 is 2. The lowest BCUT2D eigenvalue weighted by Crippen LogP contribution is -2.34. The van der Waals surface area contributed by atoms with Gasteiger partial charge in [-0.2, -0.15) is 0 Å². The highest BCUT2D eigenvalue weighted by molar-refractivity contribution is 6.00. The Morgan fingerprint density at radius 2 is 1.74 bits per heavy atom. The van der Waals surface area contributed by atoms with Gasteiger partial charge >= 0.3 is 0 Å². The number of hydrogen-bond donors (Lipinski definition) is 1. The molecule has 1 saturated carbocycles. The summed E-state index contributed by atoms with van der Waals surface area (Å²) >= 11 is 0. The molecule has 0 bridgehead atoms. The molecule has 1 aliphatic carbocycles. The van der Waals surface area contributed by atoms with Crippen molar-refractivity contribution in [2.75, 3.05) is 27.3 Å². The summed E-state index contributed by atoms with van der Waals surface area (Å²) in [6, 6.07) is 5.64. The number of nitrogens with two attached hydrogens (primary N) is 1. The van der Waals surface area contributed by atoms with Crippen LogP contribution < -0.4 is 15.2 Å². The Morgan fingerprint density at radius 3 is 2.21 bits per heavy atom. The third kappa shape index (κ3) is 1.85. The summed E-state index contributed by atoms with van der Waals surface area (Å²) in [5, 5.41) is 0.